The van der Waals surface area contributed by atoms with E-state index in [1.807, 2.05) is 13.0 Å². The smallest absolute Gasteiger partial charge is 0.118 e. The van der Waals surface area contributed by atoms with Crippen LogP contribution in [0.3, 0.4) is 0 Å². The lowest BCUT2D eigenvalue weighted by Gasteiger charge is -2.31. The Morgan fingerprint density at radius 2 is 2.22 bits per heavy atom. The number of aryl methyl sites for hydroxylation is 1. The Balaban J connectivity index is 1.52. The highest BCUT2D eigenvalue weighted by molar-refractivity contribution is 5.26. The summed E-state index contributed by atoms with van der Waals surface area (Å²) < 4.78 is 13.4. The predicted molar refractivity (Wildman–Crippen MR) is 87.1 cm³/mol. The van der Waals surface area contributed by atoms with Crippen molar-refractivity contribution in [3.8, 4) is 0 Å². The summed E-state index contributed by atoms with van der Waals surface area (Å²) in [5, 5.41) is 4.85. The van der Waals surface area contributed by atoms with E-state index in [4.69, 9.17) is 14.3 Å². The molecule has 5 heteroatoms. The Morgan fingerprint density at radius 3 is 2.91 bits per heavy atom. The van der Waals surface area contributed by atoms with E-state index >= 15 is 0 Å². The average Bonchev–Trinajstić information content (AvgIpc) is 3.08. The highest BCUT2D eigenvalue weighted by atomic mass is 16.5. The number of hydrogen-bond donors (Lipinski definition) is 0. The fraction of sp³-hybridized carbons (Fsp3) is 0.611. The molecular formula is C18H25N3O2. The van der Waals surface area contributed by atoms with E-state index in [1.54, 1.807) is 7.11 Å². The van der Waals surface area contributed by atoms with Crippen molar-refractivity contribution in [2.45, 2.75) is 45.3 Å². The minimum Gasteiger partial charge on any atom is -0.465 e. The molecule has 0 radical (unpaired) electrons. The van der Waals surface area contributed by atoms with E-state index in [9.17, 15) is 0 Å². The summed E-state index contributed by atoms with van der Waals surface area (Å²) in [6.45, 7) is 6.54. The maximum atomic E-state index is 5.74. The molecule has 1 aliphatic carbocycles. The van der Waals surface area contributed by atoms with Crippen molar-refractivity contribution in [2.75, 3.05) is 20.3 Å². The summed E-state index contributed by atoms with van der Waals surface area (Å²) in [7, 11) is 1.78. The topological polar surface area (TPSA) is 43.4 Å². The molecule has 0 spiro atoms. The van der Waals surface area contributed by atoms with Gasteiger partial charge in [0.15, 0.2) is 0 Å². The van der Waals surface area contributed by atoms with Gasteiger partial charge in [-0.15, -0.1) is 0 Å². The van der Waals surface area contributed by atoms with Crippen molar-refractivity contribution in [2.24, 2.45) is 5.92 Å². The third-order valence-electron chi connectivity index (χ3n) is 4.85. The van der Waals surface area contributed by atoms with Gasteiger partial charge in [0, 0.05) is 44.4 Å². The maximum Gasteiger partial charge on any atom is 0.118 e. The molecule has 5 nitrogen and oxygen atoms in total. The molecule has 23 heavy (non-hydrogen) atoms. The molecule has 1 aliphatic heterocycles. The van der Waals surface area contributed by atoms with E-state index in [0.717, 1.165) is 50.2 Å². The molecule has 0 unspecified atom stereocenters. The van der Waals surface area contributed by atoms with Crippen LogP contribution in [0.1, 0.15) is 41.5 Å². The van der Waals surface area contributed by atoms with Gasteiger partial charge in [0.25, 0.3) is 0 Å². The van der Waals surface area contributed by atoms with Gasteiger partial charge in [0.1, 0.15) is 11.5 Å². The lowest BCUT2D eigenvalue weighted by Crippen LogP contribution is -2.34. The van der Waals surface area contributed by atoms with Crippen LogP contribution in [0.2, 0.25) is 0 Å². The molecule has 0 aromatic carbocycles. The van der Waals surface area contributed by atoms with Gasteiger partial charge in [-0.2, -0.15) is 5.10 Å². The van der Waals surface area contributed by atoms with E-state index in [-0.39, 0.29) is 0 Å². The highest BCUT2D eigenvalue weighted by Crippen LogP contribution is 2.33. The Morgan fingerprint density at radius 1 is 1.35 bits per heavy atom. The van der Waals surface area contributed by atoms with Crippen LogP contribution in [-0.2, 0) is 24.4 Å². The van der Waals surface area contributed by atoms with Crippen molar-refractivity contribution in [1.29, 1.82) is 0 Å². The quantitative estimate of drug-likeness (QED) is 0.822. The van der Waals surface area contributed by atoms with Crippen LogP contribution < -0.4 is 0 Å². The molecule has 0 N–H and O–H groups in total. The van der Waals surface area contributed by atoms with Crippen LogP contribution in [0.4, 0.5) is 0 Å². The van der Waals surface area contributed by atoms with E-state index in [2.05, 4.69) is 21.8 Å². The second-order valence-electron chi connectivity index (χ2n) is 7.03. The zero-order valence-electron chi connectivity index (χ0n) is 14.0. The molecule has 3 heterocycles. The molecule has 1 saturated carbocycles. The van der Waals surface area contributed by atoms with Crippen LogP contribution in [0.15, 0.2) is 22.7 Å². The summed E-state index contributed by atoms with van der Waals surface area (Å²) in [6.07, 6.45) is 4.97. The first-order chi connectivity index (χ1) is 11.2. The average molecular weight is 315 g/mol. The molecule has 2 aliphatic rings. The Hall–Kier alpha value is -1.59. The van der Waals surface area contributed by atoms with Crippen molar-refractivity contribution < 1.29 is 9.15 Å². The van der Waals surface area contributed by atoms with Crippen LogP contribution in [0, 0.1) is 12.8 Å². The molecule has 0 bridgehead atoms. The second kappa shape index (κ2) is 6.13. The molecule has 124 valence electrons. The largest absolute Gasteiger partial charge is 0.465 e. The van der Waals surface area contributed by atoms with E-state index < -0.39 is 0 Å². The summed E-state index contributed by atoms with van der Waals surface area (Å²) in [5.74, 6) is 3.24. The van der Waals surface area contributed by atoms with Gasteiger partial charge in [-0.1, -0.05) is 0 Å². The lowest BCUT2D eigenvalue weighted by molar-refractivity contribution is 0.131. The molecule has 0 amide bonds. The molecule has 1 atom stereocenters. The molecule has 2 aromatic rings. The van der Waals surface area contributed by atoms with Crippen molar-refractivity contribution in [1.82, 2.24) is 14.7 Å². The first-order valence-corrected chi connectivity index (χ1v) is 8.54. The number of hydrogen-bond acceptors (Lipinski definition) is 4. The lowest BCUT2D eigenvalue weighted by atomic mass is 9.95. The maximum absolute atomic E-state index is 5.74. The van der Waals surface area contributed by atoms with Gasteiger partial charge in [-0.25, -0.2) is 0 Å². The Bertz CT molecular complexity index is 672. The molecule has 2 aromatic heterocycles. The van der Waals surface area contributed by atoms with Crippen LogP contribution >= 0.6 is 0 Å². The first-order valence-electron chi connectivity index (χ1n) is 8.54. The highest BCUT2D eigenvalue weighted by Gasteiger charge is 2.30. The fourth-order valence-electron chi connectivity index (χ4n) is 3.54. The van der Waals surface area contributed by atoms with Gasteiger partial charge < -0.3 is 9.15 Å². The minimum atomic E-state index is 0.396. The van der Waals surface area contributed by atoms with Crippen LogP contribution in [0.25, 0.3) is 0 Å². The summed E-state index contributed by atoms with van der Waals surface area (Å²) in [5.41, 5.74) is 2.58. The summed E-state index contributed by atoms with van der Waals surface area (Å²) in [6, 6.07) is 4.10. The first kappa shape index (κ1) is 15.0. The Labute approximate surface area is 137 Å². The van der Waals surface area contributed by atoms with Gasteiger partial charge in [-0.05, 0) is 37.8 Å². The standard InChI is InChI=1S/C18H25N3O2/c1-13-3-6-16(23-13)9-20-8-15(12-22-2)17-10-21(7-14-4-5-14)19-18(17)11-20/h3,6,10,14-15H,4-5,7-9,11-12H2,1-2H3/t15-/m1/s1. The van der Waals surface area contributed by atoms with Crippen LogP contribution in [0.5, 0.6) is 0 Å². The number of furan rings is 1. The number of fused-ring (bicyclic) bond motifs is 1. The second-order valence-corrected chi connectivity index (χ2v) is 7.03. The van der Waals surface area contributed by atoms with Gasteiger partial charge in [0.2, 0.25) is 0 Å². The number of ether oxygens (including phenoxy) is 1. The number of methoxy groups -OCH3 is 1. The van der Waals surface area contributed by atoms with Gasteiger partial charge in [0.05, 0.1) is 18.8 Å². The zero-order chi connectivity index (χ0) is 15.8. The zero-order valence-corrected chi connectivity index (χ0v) is 14.0. The summed E-state index contributed by atoms with van der Waals surface area (Å²) >= 11 is 0. The number of nitrogens with zero attached hydrogens (tertiary/aromatic N) is 3. The van der Waals surface area contributed by atoms with Gasteiger partial charge >= 0.3 is 0 Å². The third-order valence-corrected chi connectivity index (χ3v) is 4.85. The fourth-order valence-corrected chi connectivity index (χ4v) is 3.54. The van der Waals surface area contributed by atoms with Gasteiger partial charge in [-0.3, -0.25) is 9.58 Å². The number of aromatic nitrogens is 2. The number of rotatable bonds is 6. The van der Waals surface area contributed by atoms with Crippen molar-refractivity contribution in [3.63, 3.8) is 0 Å². The molecule has 4 rings (SSSR count). The minimum absolute atomic E-state index is 0.396. The monoisotopic (exact) mass is 315 g/mol. The van der Waals surface area contributed by atoms with Crippen LogP contribution in [-0.4, -0.2) is 34.9 Å². The molecular weight excluding hydrogens is 290 g/mol. The summed E-state index contributed by atoms with van der Waals surface area (Å²) in [4.78, 5) is 2.42. The third kappa shape index (κ3) is 3.35. The SMILES string of the molecule is COC[C@H]1CN(Cc2ccc(C)o2)Cc2nn(CC3CC3)cc21. The Kier molecular flexibility index (Phi) is 3.99. The molecule has 1 fully saturated rings. The predicted octanol–water partition coefficient (Wildman–Crippen LogP) is 2.94. The van der Waals surface area contributed by atoms with Crippen molar-refractivity contribution >= 4 is 0 Å². The van der Waals surface area contributed by atoms with E-state index in [1.165, 1.54) is 24.1 Å². The van der Waals surface area contributed by atoms with E-state index in [0.29, 0.717) is 5.92 Å². The van der Waals surface area contributed by atoms with Crippen molar-refractivity contribution in [3.05, 3.63) is 41.1 Å². The molecule has 0 saturated heterocycles. The normalized spacial score (nSPS) is 21.6.